The average molecular weight is 388 g/mol. The van der Waals surface area contributed by atoms with Gasteiger partial charge in [0.05, 0.1) is 5.66 Å². The zero-order valence-corrected chi connectivity index (χ0v) is 17.3. The van der Waals surface area contributed by atoms with Crippen LogP contribution in [0.1, 0.15) is 64.9 Å². The third kappa shape index (κ3) is 4.85. The third-order valence-electron chi connectivity index (χ3n) is 5.48. The highest BCUT2D eigenvalue weighted by Crippen LogP contribution is 2.36. The van der Waals surface area contributed by atoms with Crippen LogP contribution in [-0.2, 0) is 16.1 Å². The molecule has 1 aromatic carbocycles. The molecule has 1 saturated heterocycles. The maximum atomic E-state index is 13.3. The van der Waals surface area contributed by atoms with E-state index >= 15 is 0 Å². The fourth-order valence-corrected chi connectivity index (χ4v) is 4.48. The molecule has 3 rings (SSSR count). The van der Waals surface area contributed by atoms with Crippen molar-refractivity contribution in [2.75, 3.05) is 6.54 Å². The first-order valence-electron chi connectivity index (χ1n) is 10.4. The highest BCUT2D eigenvalue weighted by Gasteiger charge is 2.49. The maximum absolute atomic E-state index is 13.3. The quantitative estimate of drug-likeness (QED) is 0.758. The largest absolute Gasteiger partial charge is 0.444 e. The summed E-state index contributed by atoms with van der Waals surface area (Å²) in [5.41, 5.74) is 0.189. The molecule has 6 nitrogen and oxygen atoms in total. The Hall–Kier alpha value is -2.08. The number of benzene rings is 1. The van der Waals surface area contributed by atoms with E-state index in [1.807, 2.05) is 30.3 Å². The molecule has 28 heavy (non-hydrogen) atoms. The van der Waals surface area contributed by atoms with Crippen LogP contribution in [0.2, 0.25) is 0 Å². The smallest absolute Gasteiger partial charge is 0.412 e. The predicted octanol–water partition coefficient (Wildman–Crippen LogP) is 3.56. The highest BCUT2D eigenvalue weighted by molar-refractivity contribution is 5.87. The number of carbonyl (C=O) groups is 2. The molecule has 2 amide bonds. The van der Waals surface area contributed by atoms with Crippen LogP contribution in [0.5, 0.6) is 0 Å². The lowest BCUT2D eigenvalue weighted by atomic mass is 9.84. The first-order valence-corrected chi connectivity index (χ1v) is 10.4. The van der Waals surface area contributed by atoms with Crippen molar-refractivity contribution in [1.29, 1.82) is 0 Å². The van der Waals surface area contributed by atoms with Crippen molar-refractivity contribution in [3.8, 4) is 0 Å². The molecular formula is C22H33N3O3. The van der Waals surface area contributed by atoms with Crippen molar-refractivity contribution in [3.63, 3.8) is 0 Å². The molecule has 1 aliphatic heterocycles. The first-order chi connectivity index (χ1) is 13.3. The molecule has 1 atom stereocenters. The number of amides is 2. The second kappa shape index (κ2) is 8.52. The number of nitrogens with zero attached hydrogens (tertiary/aromatic N) is 1. The Labute approximate surface area is 168 Å². The molecule has 1 heterocycles. The summed E-state index contributed by atoms with van der Waals surface area (Å²) in [4.78, 5) is 27.6. The summed E-state index contributed by atoms with van der Waals surface area (Å²) < 4.78 is 5.71. The Morgan fingerprint density at radius 3 is 2.46 bits per heavy atom. The van der Waals surface area contributed by atoms with E-state index in [0.717, 1.165) is 37.7 Å². The molecule has 0 radical (unpaired) electrons. The molecule has 0 aromatic heterocycles. The van der Waals surface area contributed by atoms with Gasteiger partial charge in [0.1, 0.15) is 12.6 Å². The summed E-state index contributed by atoms with van der Waals surface area (Å²) in [5, 5.41) is 6.58. The lowest BCUT2D eigenvalue weighted by molar-refractivity contribution is -0.127. The van der Waals surface area contributed by atoms with E-state index in [0.29, 0.717) is 13.0 Å². The summed E-state index contributed by atoms with van der Waals surface area (Å²) in [7, 11) is 0. The Morgan fingerprint density at radius 1 is 1.21 bits per heavy atom. The molecule has 0 bridgehead atoms. The van der Waals surface area contributed by atoms with Crippen molar-refractivity contribution < 1.29 is 14.3 Å². The number of rotatable bonds is 5. The van der Waals surface area contributed by atoms with Crippen LogP contribution >= 0.6 is 0 Å². The van der Waals surface area contributed by atoms with Crippen LogP contribution in [-0.4, -0.2) is 40.7 Å². The van der Waals surface area contributed by atoms with Crippen LogP contribution in [0.25, 0.3) is 0 Å². The summed E-state index contributed by atoms with van der Waals surface area (Å²) in [5.74, 6) is -0.0858. The van der Waals surface area contributed by atoms with Crippen LogP contribution in [0.4, 0.5) is 4.79 Å². The molecule has 2 N–H and O–H groups in total. The van der Waals surface area contributed by atoms with E-state index in [2.05, 4.69) is 31.4 Å². The number of ether oxygens (including phenoxy) is 1. The van der Waals surface area contributed by atoms with E-state index in [1.165, 1.54) is 0 Å². The van der Waals surface area contributed by atoms with Crippen molar-refractivity contribution in [3.05, 3.63) is 35.9 Å². The zero-order chi connectivity index (χ0) is 20.2. The molecule has 0 spiro atoms. The van der Waals surface area contributed by atoms with Crippen LogP contribution in [0, 0.1) is 0 Å². The fraction of sp³-hybridized carbons (Fsp3) is 0.636. The normalized spacial score (nSPS) is 21.8. The van der Waals surface area contributed by atoms with Gasteiger partial charge in [-0.1, -0.05) is 36.8 Å². The molecular weight excluding hydrogens is 354 g/mol. The van der Waals surface area contributed by atoms with Crippen LogP contribution in [0.15, 0.2) is 30.3 Å². The number of hydrogen-bond acceptors (Lipinski definition) is 4. The first kappa shape index (κ1) is 20.6. The van der Waals surface area contributed by atoms with Gasteiger partial charge < -0.3 is 10.1 Å². The summed E-state index contributed by atoms with van der Waals surface area (Å²) in [6.45, 7) is 7.11. The molecule has 2 fully saturated rings. The monoisotopic (exact) mass is 387 g/mol. The van der Waals surface area contributed by atoms with Gasteiger partial charge in [0, 0.05) is 12.1 Å². The number of nitrogens with one attached hydrogen (secondary N) is 2. The molecule has 1 unspecified atom stereocenters. The average Bonchev–Trinajstić information content (AvgIpc) is 3.06. The lowest BCUT2D eigenvalue weighted by Gasteiger charge is -2.51. The van der Waals surface area contributed by atoms with Gasteiger partial charge in [-0.2, -0.15) is 0 Å². The fourth-order valence-electron chi connectivity index (χ4n) is 4.48. The molecule has 1 aromatic rings. The highest BCUT2D eigenvalue weighted by atomic mass is 16.6. The summed E-state index contributed by atoms with van der Waals surface area (Å²) in [6.07, 6.45) is 5.07. The van der Waals surface area contributed by atoms with Crippen LogP contribution < -0.4 is 10.6 Å². The van der Waals surface area contributed by atoms with Crippen molar-refractivity contribution in [1.82, 2.24) is 15.5 Å². The standard InChI is InChI=1S/C22H33N3O3/c1-21(2,3)24-22(13-8-5-9-14-22)25(18-12-15-23-19(18)26)20(27)28-16-17-10-6-4-7-11-17/h4,6-7,10-11,18,24H,5,8-9,12-16H2,1-3H3,(H,23,26). The minimum Gasteiger partial charge on any atom is -0.444 e. The van der Waals surface area contributed by atoms with Crippen molar-refractivity contribution in [2.24, 2.45) is 0 Å². The Kier molecular flexibility index (Phi) is 6.28. The zero-order valence-electron chi connectivity index (χ0n) is 17.3. The molecule has 1 aliphatic carbocycles. The molecule has 6 heteroatoms. The predicted molar refractivity (Wildman–Crippen MR) is 109 cm³/mol. The Morgan fingerprint density at radius 2 is 1.89 bits per heavy atom. The minimum absolute atomic E-state index is 0.0858. The Balaban J connectivity index is 1.88. The van der Waals surface area contributed by atoms with E-state index in [4.69, 9.17) is 4.74 Å². The Bertz CT molecular complexity index is 678. The number of hydrogen-bond donors (Lipinski definition) is 2. The van der Waals surface area contributed by atoms with E-state index in [-0.39, 0.29) is 18.1 Å². The van der Waals surface area contributed by atoms with Crippen molar-refractivity contribution in [2.45, 2.75) is 83.1 Å². The van der Waals surface area contributed by atoms with E-state index in [1.54, 1.807) is 4.90 Å². The van der Waals surface area contributed by atoms with Gasteiger partial charge in [0.2, 0.25) is 5.91 Å². The topological polar surface area (TPSA) is 70.7 Å². The van der Waals surface area contributed by atoms with Gasteiger partial charge >= 0.3 is 6.09 Å². The summed E-state index contributed by atoms with van der Waals surface area (Å²) >= 11 is 0. The molecule has 154 valence electrons. The van der Waals surface area contributed by atoms with Gasteiger partial charge in [-0.05, 0) is 58.4 Å². The van der Waals surface area contributed by atoms with Gasteiger partial charge in [0.15, 0.2) is 0 Å². The lowest BCUT2D eigenvalue weighted by Crippen LogP contribution is -2.69. The SMILES string of the molecule is CC(C)(C)NC1(N(C(=O)OCc2ccccc2)C2CCNC2=O)CCCCC1. The van der Waals surface area contributed by atoms with Crippen molar-refractivity contribution >= 4 is 12.0 Å². The number of carbonyl (C=O) groups excluding carboxylic acids is 2. The second-order valence-electron chi connectivity index (χ2n) is 8.97. The van der Waals surface area contributed by atoms with E-state index < -0.39 is 17.8 Å². The van der Waals surface area contributed by atoms with Gasteiger partial charge in [-0.25, -0.2) is 4.79 Å². The van der Waals surface area contributed by atoms with Gasteiger partial charge in [-0.3, -0.25) is 15.0 Å². The second-order valence-corrected chi connectivity index (χ2v) is 8.97. The molecule has 2 aliphatic rings. The maximum Gasteiger partial charge on any atom is 0.412 e. The van der Waals surface area contributed by atoms with E-state index in [9.17, 15) is 9.59 Å². The van der Waals surface area contributed by atoms with Gasteiger partial charge in [-0.15, -0.1) is 0 Å². The molecule has 1 saturated carbocycles. The third-order valence-corrected chi connectivity index (χ3v) is 5.48. The van der Waals surface area contributed by atoms with Crippen LogP contribution in [0.3, 0.4) is 0 Å². The minimum atomic E-state index is -0.559. The summed E-state index contributed by atoms with van der Waals surface area (Å²) in [6, 6.07) is 9.17. The van der Waals surface area contributed by atoms with Gasteiger partial charge in [0.25, 0.3) is 0 Å².